The third kappa shape index (κ3) is 5.28. The van der Waals surface area contributed by atoms with Crippen molar-refractivity contribution in [3.8, 4) is 67.5 Å². The standard InChI is InChI=1S/C65H40N4/c1-3-18-41(19-4-1)56-40-57(67-64(66-56)42-20-5-2-6-21-42)50-28-17-30-54-62(50)51-39-44(43-22-15-23-45(38-43)68-58-32-11-7-24-46(58)47-25-8-12-33-59(47)68)36-37-52(51)65(54)53-29-10-14-35-61(53)69-60-34-13-9-26-48(60)49-27-16-31-55(65)63(49)69/h1-40H. The van der Waals surface area contributed by atoms with E-state index in [4.69, 9.17) is 9.97 Å². The van der Waals surface area contributed by atoms with E-state index in [1.807, 2.05) is 6.07 Å². The monoisotopic (exact) mass is 876 g/mol. The van der Waals surface area contributed by atoms with E-state index >= 15 is 0 Å². The molecule has 4 heterocycles. The molecule has 0 fully saturated rings. The second-order valence-corrected chi connectivity index (χ2v) is 18.4. The average Bonchev–Trinajstić information content (AvgIpc) is 4.05. The maximum absolute atomic E-state index is 5.48. The SMILES string of the molecule is c1ccc(-c2cc(-c3cccc4c3-c3cc(-c5cccc(-n6c7ccccc7c7ccccc76)c5)ccc3C43c4ccccc4-n4c5ccccc5c5cccc3c54)nc(-c3ccccc3)n2)cc1. The van der Waals surface area contributed by atoms with Crippen LogP contribution in [0.4, 0.5) is 0 Å². The molecule has 15 rings (SSSR count). The zero-order valence-corrected chi connectivity index (χ0v) is 37.4. The van der Waals surface area contributed by atoms with Gasteiger partial charge in [0.05, 0.1) is 44.6 Å². The number of benzene rings is 10. The van der Waals surface area contributed by atoms with Gasteiger partial charge in [0.25, 0.3) is 0 Å². The molecule has 1 spiro atoms. The maximum atomic E-state index is 5.48. The van der Waals surface area contributed by atoms with Crippen LogP contribution in [0.5, 0.6) is 0 Å². The molecule has 0 N–H and O–H groups in total. The number of aromatic nitrogens is 4. The van der Waals surface area contributed by atoms with E-state index in [2.05, 4.69) is 246 Å². The summed E-state index contributed by atoms with van der Waals surface area (Å²) >= 11 is 0. The Bertz CT molecular complexity index is 4140. The lowest BCUT2D eigenvalue weighted by molar-refractivity contribution is 0.748. The van der Waals surface area contributed by atoms with Crippen molar-refractivity contribution in [1.82, 2.24) is 19.1 Å². The van der Waals surface area contributed by atoms with E-state index in [-0.39, 0.29) is 0 Å². The van der Waals surface area contributed by atoms with E-state index in [9.17, 15) is 0 Å². The molecule has 2 aliphatic rings. The summed E-state index contributed by atoms with van der Waals surface area (Å²) in [5, 5.41) is 5.03. The average molecular weight is 877 g/mol. The van der Waals surface area contributed by atoms with Crippen molar-refractivity contribution in [2.45, 2.75) is 5.41 Å². The Hall–Kier alpha value is -9.12. The first kappa shape index (κ1) is 38.0. The fraction of sp³-hybridized carbons (Fsp3) is 0.0154. The van der Waals surface area contributed by atoms with E-state index in [0.717, 1.165) is 44.9 Å². The molecular formula is C65H40N4. The number of rotatable bonds is 5. The van der Waals surface area contributed by atoms with Crippen molar-refractivity contribution in [2.75, 3.05) is 0 Å². The lowest BCUT2D eigenvalue weighted by atomic mass is 9.65. The van der Waals surface area contributed by atoms with Crippen molar-refractivity contribution >= 4 is 43.6 Å². The molecule has 1 aliphatic carbocycles. The molecule has 4 nitrogen and oxygen atoms in total. The molecule has 0 radical (unpaired) electrons. The number of para-hydroxylation sites is 5. The highest BCUT2D eigenvalue weighted by atomic mass is 15.0. The molecule has 0 bridgehead atoms. The Morgan fingerprint density at radius 1 is 0.319 bits per heavy atom. The molecule has 0 saturated heterocycles. The molecule has 320 valence electrons. The van der Waals surface area contributed by atoms with Crippen LogP contribution in [0.3, 0.4) is 0 Å². The van der Waals surface area contributed by atoms with Gasteiger partial charge in [0.15, 0.2) is 5.82 Å². The third-order valence-corrected chi connectivity index (χ3v) is 14.9. The second kappa shape index (κ2) is 14.4. The van der Waals surface area contributed by atoms with Crippen LogP contribution in [-0.2, 0) is 5.41 Å². The summed E-state index contributed by atoms with van der Waals surface area (Å²) in [7, 11) is 0. The van der Waals surface area contributed by atoms with Gasteiger partial charge in [-0.05, 0) is 93.0 Å². The lowest BCUT2D eigenvalue weighted by Gasteiger charge is -2.39. The molecule has 3 aromatic heterocycles. The predicted octanol–water partition coefficient (Wildman–Crippen LogP) is 16.0. The Morgan fingerprint density at radius 2 is 0.870 bits per heavy atom. The van der Waals surface area contributed by atoms with Crippen LogP contribution < -0.4 is 0 Å². The van der Waals surface area contributed by atoms with Crippen molar-refractivity contribution < 1.29 is 0 Å². The van der Waals surface area contributed by atoms with Crippen LogP contribution in [-0.4, -0.2) is 19.1 Å². The van der Waals surface area contributed by atoms with Crippen LogP contribution in [0.15, 0.2) is 243 Å². The van der Waals surface area contributed by atoms with Gasteiger partial charge < -0.3 is 9.13 Å². The summed E-state index contributed by atoms with van der Waals surface area (Å²) < 4.78 is 4.92. The van der Waals surface area contributed by atoms with Crippen LogP contribution in [0.25, 0.3) is 111 Å². The highest BCUT2D eigenvalue weighted by Crippen LogP contribution is 2.63. The minimum Gasteiger partial charge on any atom is -0.309 e. The lowest BCUT2D eigenvalue weighted by Crippen LogP contribution is -2.33. The van der Waals surface area contributed by atoms with Gasteiger partial charge in [-0.3, -0.25) is 0 Å². The van der Waals surface area contributed by atoms with Crippen LogP contribution in [0.1, 0.15) is 22.3 Å². The Kier molecular flexibility index (Phi) is 7.96. The van der Waals surface area contributed by atoms with Gasteiger partial charge in [-0.15, -0.1) is 0 Å². The van der Waals surface area contributed by atoms with E-state index < -0.39 is 5.41 Å². The first-order valence-corrected chi connectivity index (χ1v) is 23.7. The minimum absolute atomic E-state index is 0.637. The van der Waals surface area contributed by atoms with Gasteiger partial charge in [-0.25, -0.2) is 9.97 Å². The second-order valence-electron chi connectivity index (χ2n) is 18.4. The highest BCUT2D eigenvalue weighted by molar-refractivity contribution is 6.13. The summed E-state index contributed by atoms with van der Waals surface area (Å²) in [5.74, 6) is 0.699. The normalized spacial score (nSPS) is 14.4. The summed E-state index contributed by atoms with van der Waals surface area (Å²) in [6.07, 6.45) is 0. The molecule has 1 unspecified atom stereocenters. The molecule has 0 saturated carbocycles. The molecule has 69 heavy (non-hydrogen) atoms. The summed E-state index contributed by atoms with van der Waals surface area (Å²) in [4.78, 5) is 10.7. The molecule has 13 aromatic rings. The largest absolute Gasteiger partial charge is 0.309 e. The predicted molar refractivity (Wildman–Crippen MR) is 283 cm³/mol. The van der Waals surface area contributed by atoms with Crippen molar-refractivity contribution in [2.24, 2.45) is 0 Å². The number of nitrogens with zero attached hydrogens (tertiary/aromatic N) is 4. The number of fused-ring (bicyclic) bond motifs is 15. The van der Waals surface area contributed by atoms with Crippen LogP contribution >= 0.6 is 0 Å². The zero-order valence-electron chi connectivity index (χ0n) is 37.4. The van der Waals surface area contributed by atoms with E-state index in [1.165, 1.54) is 82.7 Å². The van der Waals surface area contributed by atoms with Gasteiger partial charge in [-0.2, -0.15) is 0 Å². The van der Waals surface area contributed by atoms with Crippen LogP contribution in [0.2, 0.25) is 0 Å². The molecule has 1 aliphatic heterocycles. The Balaban J connectivity index is 1.03. The quantitative estimate of drug-likeness (QED) is 0.173. The number of hydrogen-bond acceptors (Lipinski definition) is 2. The van der Waals surface area contributed by atoms with Crippen LogP contribution in [0, 0.1) is 0 Å². The third-order valence-electron chi connectivity index (χ3n) is 14.9. The van der Waals surface area contributed by atoms with Crippen molar-refractivity contribution in [1.29, 1.82) is 0 Å². The summed E-state index contributed by atoms with van der Waals surface area (Å²) in [6, 6.07) is 88.7. The van der Waals surface area contributed by atoms with E-state index in [0.29, 0.717) is 5.82 Å². The first-order chi connectivity index (χ1) is 34.2. The smallest absolute Gasteiger partial charge is 0.160 e. The van der Waals surface area contributed by atoms with Gasteiger partial charge in [0.1, 0.15) is 0 Å². The van der Waals surface area contributed by atoms with E-state index in [1.54, 1.807) is 0 Å². The fourth-order valence-corrected chi connectivity index (χ4v) is 12.1. The molecule has 0 amide bonds. The fourth-order valence-electron chi connectivity index (χ4n) is 12.1. The molecule has 4 heteroatoms. The summed E-state index contributed by atoms with van der Waals surface area (Å²) in [6.45, 7) is 0. The molecule has 10 aromatic carbocycles. The van der Waals surface area contributed by atoms with Gasteiger partial charge >= 0.3 is 0 Å². The first-order valence-electron chi connectivity index (χ1n) is 23.7. The van der Waals surface area contributed by atoms with Gasteiger partial charge in [0.2, 0.25) is 0 Å². The zero-order chi connectivity index (χ0) is 45.2. The number of hydrogen-bond donors (Lipinski definition) is 0. The highest BCUT2D eigenvalue weighted by Gasteiger charge is 2.51. The molecular weight excluding hydrogens is 837 g/mol. The van der Waals surface area contributed by atoms with Gasteiger partial charge in [0, 0.05) is 43.9 Å². The van der Waals surface area contributed by atoms with Crippen molar-refractivity contribution in [3.63, 3.8) is 0 Å². The van der Waals surface area contributed by atoms with Gasteiger partial charge in [-0.1, -0.05) is 194 Å². The Morgan fingerprint density at radius 3 is 1.64 bits per heavy atom. The molecule has 1 atom stereocenters. The Labute approximate surface area is 398 Å². The maximum Gasteiger partial charge on any atom is 0.160 e. The topological polar surface area (TPSA) is 35.6 Å². The summed E-state index contributed by atoms with van der Waals surface area (Å²) in [5.41, 5.74) is 21.2. The minimum atomic E-state index is -0.637. The van der Waals surface area contributed by atoms with Crippen molar-refractivity contribution in [3.05, 3.63) is 265 Å².